The molecule has 0 amide bonds. The van der Waals surface area contributed by atoms with Gasteiger partial charge in [0.2, 0.25) is 10.0 Å². The van der Waals surface area contributed by atoms with E-state index in [0.717, 1.165) is 6.07 Å². The Balaban J connectivity index is 1.68. The Labute approximate surface area is 194 Å². The van der Waals surface area contributed by atoms with Crippen LogP contribution < -0.4 is 4.90 Å². The lowest BCUT2D eigenvalue weighted by Crippen LogP contribution is -2.49. The molecule has 0 radical (unpaired) electrons. The molecule has 1 aromatic carbocycles. The lowest BCUT2D eigenvalue weighted by molar-refractivity contribution is -0.141. The summed E-state index contributed by atoms with van der Waals surface area (Å²) < 4.78 is 69.3. The maximum Gasteiger partial charge on any atom is 0.433 e. The van der Waals surface area contributed by atoms with Gasteiger partial charge in [0.15, 0.2) is 11.3 Å². The largest absolute Gasteiger partial charge is 0.433 e. The molecule has 0 aliphatic carbocycles. The smallest absolute Gasteiger partial charge is 0.354 e. The van der Waals surface area contributed by atoms with Crippen LogP contribution in [-0.4, -0.2) is 53.5 Å². The average molecular weight is 502 g/mol. The van der Waals surface area contributed by atoms with Crippen molar-refractivity contribution in [2.75, 3.05) is 31.1 Å². The topological polar surface area (TPSA) is 70.8 Å². The first-order valence-corrected chi connectivity index (χ1v) is 12.1. The summed E-state index contributed by atoms with van der Waals surface area (Å²) in [5.41, 5.74) is -0.701. The van der Waals surface area contributed by atoms with E-state index in [0.29, 0.717) is 5.69 Å². The number of sulfonamides is 1. The number of halogens is 4. The first-order chi connectivity index (χ1) is 15.3. The zero-order valence-electron chi connectivity index (χ0n) is 18.3. The SMILES string of the molecule is CC(C)(C)c1cc2nc(C(F)(F)F)cc(N3CCN(S(=O)(=O)c4ccccc4Cl)CC3)n2n1. The van der Waals surface area contributed by atoms with Crippen molar-refractivity contribution < 1.29 is 21.6 Å². The molecule has 12 heteroatoms. The second kappa shape index (κ2) is 8.14. The molecule has 178 valence electrons. The van der Waals surface area contributed by atoms with Crippen molar-refractivity contribution in [2.45, 2.75) is 37.3 Å². The molecule has 2 aromatic heterocycles. The van der Waals surface area contributed by atoms with Crippen LogP contribution in [-0.2, 0) is 21.6 Å². The molecule has 0 N–H and O–H groups in total. The summed E-state index contributed by atoms with van der Waals surface area (Å²) in [5, 5.41) is 4.63. The van der Waals surface area contributed by atoms with Gasteiger partial charge in [0.05, 0.1) is 10.7 Å². The van der Waals surface area contributed by atoms with E-state index in [1.807, 2.05) is 20.8 Å². The summed E-state index contributed by atoms with van der Waals surface area (Å²) in [6.45, 7) is 6.29. The van der Waals surface area contributed by atoms with Gasteiger partial charge in [0.1, 0.15) is 10.7 Å². The van der Waals surface area contributed by atoms with Crippen molar-refractivity contribution in [2.24, 2.45) is 0 Å². The van der Waals surface area contributed by atoms with Crippen LogP contribution in [0.25, 0.3) is 5.65 Å². The predicted molar refractivity (Wildman–Crippen MR) is 119 cm³/mol. The monoisotopic (exact) mass is 501 g/mol. The molecule has 0 atom stereocenters. The standard InChI is InChI=1S/C21H23ClF3N5O2S/c1-20(2,3)16-12-18-26-17(21(23,24)25)13-19(30(18)27-16)28-8-10-29(11-9-28)33(31,32)15-7-5-4-6-14(15)22/h4-7,12-13H,8-11H2,1-3H3. The summed E-state index contributed by atoms with van der Waals surface area (Å²) in [5.74, 6) is 0.220. The molecular formula is C21H23ClF3N5O2S. The van der Waals surface area contributed by atoms with Crippen LogP contribution in [0, 0.1) is 0 Å². The van der Waals surface area contributed by atoms with Crippen molar-refractivity contribution in [1.29, 1.82) is 0 Å². The first kappa shape index (κ1) is 23.8. The third-order valence-electron chi connectivity index (χ3n) is 5.48. The van der Waals surface area contributed by atoms with Crippen LogP contribution in [0.2, 0.25) is 5.02 Å². The molecule has 1 aliphatic heterocycles. The van der Waals surface area contributed by atoms with Gasteiger partial charge in [-0.15, -0.1) is 0 Å². The molecule has 3 aromatic rings. The zero-order chi connectivity index (χ0) is 24.2. The Hall–Kier alpha value is -2.37. The minimum absolute atomic E-state index is 0.00710. The van der Waals surface area contributed by atoms with E-state index >= 15 is 0 Å². The second-order valence-electron chi connectivity index (χ2n) is 8.87. The van der Waals surface area contributed by atoms with Gasteiger partial charge in [-0.1, -0.05) is 44.5 Å². The molecule has 1 aliphatic rings. The molecule has 0 spiro atoms. The van der Waals surface area contributed by atoms with Crippen LogP contribution in [0.1, 0.15) is 32.2 Å². The van der Waals surface area contributed by atoms with Crippen molar-refractivity contribution >= 4 is 33.1 Å². The normalized spacial score (nSPS) is 16.5. The van der Waals surface area contributed by atoms with E-state index in [1.54, 1.807) is 23.1 Å². The van der Waals surface area contributed by atoms with Gasteiger partial charge in [-0.05, 0) is 12.1 Å². The van der Waals surface area contributed by atoms with E-state index in [4.69, 9.17) is 11.6 Å². The van der Waals surface area contributed by atoms with Gasteiger partial charge in [-0.3, -0.25) is 0 Å². The van der Waals surface area contributed by atoms with Gasteiger partial charge in [-0.25, -0.2) is 13.4 Å². The molecule has 0 saturated carbocycles. The number of alkyl halides is 3. The number of aromatic nitrogens is 3. The summed E-state index contributed by atoms with van der Waals surface area (Å²) in [6.07, 6.45) is -4.63. The first-order valence-electron chi connectivity index (χ1n) is 10.3. The summed E-state index contributed by atoms with van der Waals surface area (Å²) in [6, 6.07) is 8.68. The summed E-state index contributed by atoms with van der Waals surface area (Å²) in [4.78, 5) is 5.47. The van der Waals surface area contributed by atoms with Crippen molar-refractivity contribution in [3.63, 3.8) is 0 Å². The number of anilines is 1. The number of fused-ring (bicyclic) bond motifs is 1. The molecular weight excluding hydrogens is 479 g/mol. The van der Waals surface area contributed by atoms with Crippen molar-refractivity contribution in [1.82, 2.24) is 18.9 Å². The number of hydrogen-bond acceptors (Lipinski definition) is 5. The van der Waals surface area contributed by atoms with Gasteiger partial charge in [-0.2, -0.15) is 27.1 Å². The lowest BCUT2D eigenvalue weighted by atomic mass is 9.93. The van der Waals surface area contributed by atoms with Crippen LogP contribution >= 0.6 is 11.6 Å². The van der Waals surface area contributed by atoms with E-state index in [1.165, 1.54) is 21.0 Å². The van der Waals surface area contributed by atoms with Gasteiger partial charge in [0.25, 0.3) is 0 Å². The highest BCUT2D eigenvalue weighted by Gasteiger charge is 2.36. The van der Waals surface area contributed by atoms with Gasteiger partial charge in [0, 0.05) is 43.7 Å². The highest BCUT2D eigenvalue weighted by molar-refractivity contribution is 7.89. The molecule has 7 nitrogen and oxygen atoms in total. The maximum absolute atomic E-state index is 13.5. The average Bonchev–Trinajstić information content (AvgIpc) is 3.18. The maximum atomic E-state index is 13.5. The minimum Gasteiger partial charge on any atom is -0.354 e. The number of piperazine rings is 1. The van der Waals surface area contributed by atoms with Crippen LogP contribution in [0.15, 0.2) is 41.3 Å². The fourth-order valence-electron chi connectivity index (χ4n) is 3.65. The molecule has 33 heavy (non-hydrogen) atoms. The minimum atomic E-state index is -4.63. The Morgan fingerprint density at radius 3 is 2.18 bits per heavy atom. The molecule has 0 unspecified atom stereocenters. The quantitative estimate of drug-likeness (QED) is 0.537. The highest BCUT2D eigenvalue weighted by atomic mass is 35.5. The Morgan fingerprint density at radius 2 is 1.61 bits per heavy atom. The molecule has 4 rings (SSSR count). The number of hydrogen-bond donors (Lipinski definition) is 0. The van der Waals surface area contributed by atoms with Gasteiger partial charge >= 0.3 is 6.18 Å². The van der Waals surface area contributed by atoms with E-state index in [2.05, 4.69) is 10.1 Å². The Kier molecular flexibility index (Phi) is 5.86. The fourth-order valence-corrected chi connectivity index (χ4v) is 5.56. The van der Waals surface area contributed by atoms with Crippen molar-refractivity contribution in [3.05, 3.63) is 52.8 Å². The van der Waals surface area contributed by atoms with Gasteiger partial charge < -0.3 is 4.90 Å². The van der Waals surface area contributed by atoms with E-state index in [9.17, 15) is 21.6 Å². The molecule has 3 heterocycles. The van der Waals surface area contributed by atoms with Crippen LogP contribution in [0.3, 0.4) is 0 Å². The second-order valence-corrected chi connectivity index (χ2v) is 11.2. The fraction of sp³-hybridized carbons (Fsp3) is 0.429. The number of rotatable bonds is 3. The third-order valence-corrected chi connectivity index (χ3v) is 7.88. The lowest BCUT2D eigenvalue weighted by Gasteiger charge is -2.35. The predicted octanol–water partition coefficient (Wildman–Crippen LogP) is 4.21. The zero-order valence-corrected chi connectivity index (χ0v) is 19.8. The molecule has 1 fully saturated rings. The summed E-state index contributed by atoms with van der Waals surface area (Å²) in [7, 11) is -3.83. The third kappa shape index (κ3) is 4.53. The number of benzene rings is 1. The summed E-state index contributed by atoms with van der Waals surface area (Å²) >= 11 is 6.08. The Morgan fingerprint density at radius 1 is 0.970 bits per heavy atom. The van der Waals surface area contributed by atoms with Crippen LogP contribution in [0.4, 0.5) is 19.0 Å². The number of nitrogens with zero attached hydrogens (tertiary/aromatic N) is 5. The highest BCUT2D eigenvalue weighted by Crippen LogP contribution is 2.33. The molecule has 1 saturated heterocycles. The molecule has 0 bridgehead atoms. The van der Waals surface area contributed by atoms with E-state index < -0.39 is 21.9 Å². The van der Waals surface area contributed by atoms with Crippen LogP contribution in [0.5, 0.6) is 0 Å². The van der Waals surface area contributed by atoms with E-state index in [-0.39, 0.29) is 53.0 Å². The Bertz CT molecular complexity index is 1290. The van der Waals surface area contributed by atoms with Crippen molar-refractivity contribution in [3.8, 4) is 0 Å².